The van der Waals surface area contributed by atoms with Crippen LogP contribution in [0.3, 0.4) is 0 Å². The summed E-state index contributed by atoms with van der Waals surface area (Å²) in [4.78, 5) is 17.0. The highest BCUT2D eigenvalue weighted by atomic mass is 16.2. The zero-order valence-corrected chi connectivity index (χ0v) is 13.6. The number of rotatable bonds is 4. The second-order valence-corrected chi connectivity index (χ2v) is 6.07. The minimum absolute atomic E-state index is 0.156. The number of nitrogens with zero attached hydrogens (tertiary/aromatic N) is 2. The zero-order chi connectivity index (χ0) is 15.4. The maximum atomic E-state index is 12.8. The van der Waals surface area contributed by atoms with Crippen LogP contribution in [0.1, 0.15) is 35.7 Å². The van der Waals surface area contributed by atoms with Gasteiger partial charge in [0.15, 0.2) is 0 Å². The molecule has 0 unspecified atom stereocenters. The third-order valence-corrected chi connectivity index (χ3v) is 4.25. The van der Waals surface area contributed by atoms with Crippen molar-refractivity contribution in [3.05, 3.63) is 29.3 Å². The van der Waals surface area contributed by atoms with Crippen molar-refractivity contribution in [2.24, 2.45) is 0 Å². The number of nitrogens with one attached hydrogen (secondary N) is 1. The van der Waals surface area contributed by atoms with Crippen LogP contribution in [0.2, 0.25) is 0 Å². The van der Waals surface area contributed by atoms with E-state index in [4.69, 9.17) is 0 Å². The van der Waals surface area contributed by atoms with Gasteiger partial charge in [0.05, 0.1) is 5.56 Å². The van der Waals surface area contributed by atoms with Crippen LogP contribution in [0.15, 0.2) is 18.2 Å². The van der Waals surface area contributed by atoms with Crippen molar-refractivity contribution in [1.29, 1.82) is 0 Å². The van der Waals surface area contributed by atoms with Crippen LogP contribution in [0.5, 0.6) is 0 Å². The van der Waals surface area contributed by atoms with Crippen molar-refractivity contribution in [1.82, 2.24) is 9.80 Å². The number of anilines is 1. The lowest BCUT2D eigenvalue weighted by Crippen LogP contribution is -2.44. The molecule has 116 valence electrons. The lowest BCUT2D eigenvalue weighted by Gasteiger charge is -2.35. The first kappa shape index (κ1) is 15.8. The highest BCUT2D eigenvalue weighted by Crippen LogP contribution is 2.22. The molecule has 4 heteroatoms. The molecule has 0 saturated carbocycles. The Morgan fingerprint density at radius 3 is 2.57 bits per heavy atom. The SMILES string of the molecule is CCNc1cc(C)ccc1C(=O)N1CCC(N(C)C)CC1. The number of carbonyl (C=O) groups is 1. The molecule has 21 heavy (non-hydrogen) atoms. The maximum absolute atomic E-state index is 12.8. The van der Waals surface area contributed by atoms with Crippen molar-refractivity contribution < 1.29 is 4.79 Å². The summed E-state index contributed by atoms with van der Waals surface area (Å²) in [6, 6.07) is 6.62. The minimum atomic E-state index is 0.156. The third kappa shape index (κ3) is 3.76. The zero-order valence-electron chi connectivity index (χ0n) is 13.6. The summed E-state index contributed by atoms with van der Waals surface area (Å²) in [5, 5.41) is 3.31. The quantitative estimate of drug-likeness (QED) is 0.925. The van der Waals surface area contributed by atoms with Crippen molar-refractivity contribution in [3.8, 4) is 0 Å². The predicted molar refractivity (Wildman–Crippen MR) is 88.0 cm³/mol. The third-order valence-electron chi connectivity index (χ3n) is 4.25. The monoisotopic (exact) mass is 289 g/mol. The van der Waals surface area contributed by atoms with Crippen LogP contribution in [-0.4, -0.2) is 55.5 Å². The number of carbonyl (C=O) groups excluding carboxylic acids is 1. The van der Waals surface area contributed by atoms with Crippen molar-refractivity contribution >= 4 is 11.6 Å². The number of aryl methyl sites for hydroxylation is 1. The van der Waals surface area contributed by atoms with Crippen LogP contribution >= 0.6 is 0 Å². The second kappa shape index (κ2) is 6.94. The van der Waals surface area contributed by atoms with Gasteiger partial charge in [-0.15, -0.1) is 0 Å². The standard InChI is InChI=1S/C17H27N3O/c1-5-18-16-12-13(2)6-7-15(16)17(21)20-10-8-14(9-11-20)19(3)4/h6-7,12,14,18H,5,8-11H2,1-4H3. The second-order valence-electron chi connectivity index (χ2n) is 6.07. The Labute approximate surface area is 128 Å². The molecule has 0 radical (unpaired) electrons. The topological polar surface area (TPSA) is 35.6 Å². The molecular weight excluding hydrogens is 262 g/mol. The molecule has 2 rings (SSSR count). The molecular formula is C17H27N3O. The highest BCUT2D eigenvalue weighted by Gasteiger charge is 2.25. The van der Waals surface area contributed by atoms with Crippen molar-refractivity contribution in [3.63, 3.8) is 0 Å². The molecule has 1 N–H and O–H groups in total. The fraction of sp³-hybridized carbons (Fsp3) is 0.588. The molecule has 1 amide bonds. The lowest BCUT2D eigenvalue weighted by atomic mass is 10.0. The van der Waals surface area contributed by atoms with Gasteiger partial charge in [-0.25, -0.2) is 0 Å². The van der Waals surface area contributed by atoms with E-state index in [9.17, 15) is 4.79 Å². The smallest absolute Gasteiger partial charge is 0.255 e. The lowest BCUT2D eigenvalue weighted by molar-refractivity contribution is 0.0664. The number of benzene rings is 1. The molecule has 0 aromatic heterocycles. The van der Waals surface area contributed by atoms with Crippen molar-refractivity contribution in [2.75, 3.05) is 39.0 Å². The van der Waals surface area contributed by atoms with Crippen molar-refractivity contribution in [2.45, 2.75) is 32.7 Å². The molecule has 1 aliphatic rings. The number of likely N-dealkylation sites (tertiary alicyclic amines) is 1. The molecule has 0 bridgehead atoms. The highest BCUT2D eigenvalue weighted by molar-refractivity contribution is 5.99. The average Bonchev–Trinajstić information content (AvgIpc) is 2.47. The summed E-state index contributed by atoms with van der Waals surface area (Å²) in [5.74, 6) is 0.156. The van der Waals surface area contributed by atoms with Gasteiger partial charge >= 0.3 is 0 Å². The Morgan fingerprint density at radius 1 is 1.33 bits per heavy atom. The number of hydrogen-bond donors (Lipinski definition) is 1. The van der Waals surface area contributed by atoms with Gasteiger partial charge < -0.3 is 15.1 Å². The minimum Gasteiger partial charge on any atom is -0.385 e. The summed E-state index contributed by atoms with van der Waals surface area (Å²) in [7, 11) is 4.23. The summed E-state index contributed by atoms with van der Waals surface area (Å²) < 4.78 is 0. The molecule has 1 aromatic rings. The van der Waals surface area contributed by atoms with Gasteiger partial charge in [0.1, 0.15) is 0 Å². The van der Waals surface area contributed by atoms with E-state index in [-0.39, 0.29) is 5.91 Å². The average molecular weight is 289 g/mol. The van der Waals surface area contributed by atoms with E-state index >= 15 is 0 Å². The van der Waals surface area contributed by atoms with Crippen LogP contribution in [0.25, 0.3) is 0 Å². The van der Waals surface area contributed by atoms with E-state index in [2.05, 4.69) is 44.2 Å². The van der Waals surface area contributed by atoms with Gasteiger partial charge in [-0.1, -0.05) is 6.07 Å². The molecule has 4 nitrogen and oxygen atoms in total. The van der Waals surface area contributed by atoms with E-state index in [1.165, 1.54) is 5.56 Å². The van der Waals surface area contributed by atoms with Crippen LogP contribution in [0, 0.1) is 6.92 Å². The normalized spacial score (nSPS) is 16.3. The van der Waals surface area contributed by atoms with E-state index in [0.717, 1.165) is 43.7 Å². The molecule has 0 aliphatic carbocycles. The number of hydrogen-bond acceptors (Lipinski definition) is 3. The van der Waals surface area contributed by atoms with Crippen LogP contribution in [-0.2, 0) is 0 Å². The fourth-order valence-corrected chi connectivity index (χ4v) is 2.94. The summed E-state index contributed by atoms with van der Waals surface area (Å²) in [6.45, 7) is 6.63. The summed E-state index contributed by atoms with van der Waals surface area (Å²) in [6.07, 6.45) is 2.11. The largest absolute Gasteiger partial charge is 0.385 e. The maximum Gasteiger partial charge on any atom is 0.255 e. The van der Waals surface area contributed by atoms with Gasteiger partial charge in [0.2, 0.25) is 0 Å². The van der Waals surface area contributed by atoms with Crippen LogP contribution in [0.4, 0.5) is 5.69 Å². The van der Waals surface area contributed by atoms with E-state index in [0.29, 0.717) is 6.04 Å². The molecule has 1 aliphatic heterocycles. The van der Waals surface area contributed by atoms with Gasteiger partial charge in [-0.05, 0) is 58.5 Å². The van der Waals surface area contributed by atoms with E-state index < -0.39 is 0 Å². The van der Waals surface area contributed by atoms with Gasteiger partial charge in [0.25, 0.3) is 5.91 Å². The van der Waals surface area contributed by atoms with Gasteiger partial charge in [-0.3, -0.25) is 4.79 Å². The number of piperidine rings is 1. The van der Waals surface area contributed by atoms with Crippen LogP contribution < -0.4 is 5.32 Å². The first-order valence-electron chi connectivity index (χ1n) is 7.83. The predicted octanol–water partition coefficient (Wildman–Crippen LogP) is 2.59. The molecule has 0 atom stereocenters. The molecule has 1 fully saturated rings. The molecule has 0 spiro atoms. The fourth-order valence-electron chi connectivity index (χ4n) is 2.94. The Kier molecular flexibility index (Phi) is 5.23. The molecule has 1 aromatic carbocycles. The van der Waals surface area contributed by atoms with Gasteiger partial charge in [0, 0.05) is 31.4 Å². The summed E-state index contributed by atoms with van der Waals surface area (Å²) >= 11 is 0. The number of amides is 1. The van der Waals surface area contributed by atoms with E-state index in [1.807, 2.05) is 17.0 Å². The Morgan fingerprint density at radius 2 is 2.00 bits per heavy atom. The molecule has 1 saturated heterocycles. The Balaban J connectivity index is 2.10. The first-order valence-corrected chi connectivity index (χ1v) is 7.83. The first-order chi connectivity index (χ1) is 10.0. The Hall–Kier alpha value is -1.55. The Bertz CT molecular complexity index is 491. The van der Waals surface area contributed by atoms with Gasteiger partial charge in [-0.2, -0.15) is 0 Å². The molecule has 1 heterocycles. The summed E-state index contributed by atoms with van der Waals surface area (Å²) in [5.41, 5.74) is 2.93. The van der Waals surface area contributed by atoms with E-state index in [1.54, 1.807) is 0 Å².